The fourth-order valence-electron chi connectivity index (χ4n) is 2.81. The average molecular weight is 474 g/mol. The molecule has 0 saturated carbocycles. The minimum Gasteiger partial charge on any atom is -0.454 e. The van der Waals surface area contributed by atoms with Crippen molar-refractivity contribution < 1.29 is 27.6 Å². The molecule has 2 aromatic carbocycles. The Morgan fingerprint density at radius 2 is 1.91 bits per heavy atom. The number of fused-ring (bicyclic) bond motifs is 1. The van der Waals surface area contributed by atoms with Gasteiger partial charge in [0.2, 0.25) is 6.79 Å². The van der Waals surface area contributed by atoms with Crippen molar-refractivity contribution in [2.75, 3.05) is 11.5 Å². The zero-order valence-electron chi connectivity index (χ0n) is 16.0. The van der Waals surface area contributed by atoms with Gasteiger partial charge < -0.3 is 9.47 Å². The Morgan fingerprint density at radius 3 is 2.62 bits per heavy atom. The Kier molecular flexibility index (Phi) is 5.75. The largest absolute Gasteiger partial charge is 0.454 e. The van der Waals surface area contributed by atoms with Crippen LogP contribution in [0.15, 0.2) is 63.2 Å². The summed E-state index contributed by atoms with van der Waals surface area (Å²) in [6, 6.07) is 11.6. The van der Waals surface area contributed by atoms with Crippen LogP contribution in [0.2, 0.25) is 0 Å². The number of para-hydroxylation sites is 1. The van der Waals surface area contributed by atoms with E-state index in [9.17, 15) is 23.3 Å². The third-order valence-electron chi connectivity index (χ3n) is 4.26. The van der Waals surface area contributed by atoms with E-state index in [4.69, 9.17) is 9.47 Å². The van der Waals surface area contributed by atoms with Gasteiger partial charge in [0.1, 0.15) is 4.21 Å². The quantitative estimate of drug-likeness (QED) is 0.304. The molecule has 1 aromatic heterocycles. The fraction of sp³-hybridized carbons (Fsp3) is 0.0526. The number of carbonyl (C=O) groups excluding carboxylic acids is 1. The Balaban J connectivity index is 1.54. The van der Waals surface area contributed by atoms with Crippen molar-refractivity contribution >= 4 is 44.9 Å². The maximum Gasteiger partial charge on any atom is 0.282 e. The lowest BCUT2D eigenvalue weighted by Gasteiger charge is -2.10. The van der Waals surface area contributed by atoms with Crippen LogP contribution in [0.1, 0.15) is 15.9 Å². The van der Waals surface area contributed by atoms with Crippen LogP contribution in [0.5, 0.6) is 11.5 Å². The number of ether oxygens (including phenoxy) is 2. The maximum atomic E-state index is 12.6. The summed E-state index contributed by atoms with van der Waals surface area (Å²) in [5, 5.41) is 16.7. The zero-order chi connectivity index (χ0) is 22.7. The molecule has 11 nitrogen and oxygen atoms in total. The molecule has 0 bridgehead atoms. The minimum atomic E-state index is -3.86. The zero-order valence-corrected chi connectivity index (χ0v) is 17.7. The number of hydrazone groups is 1. The van der Waals surface area contributed by atoms with Gasteiger partial charge in [-0.15, -0.1) is 11.3 Å². The Hall–Kier alpha value is -3.97. The molecule has 1 aliphatic rings. The Morgan fingerprint density at radius 1 is 1.16 bits per heavy atom. The van der Waals surface area contributed by atoms with Gasteiger partial charge in [0.25, 0.3) is 21.6 Å². The number of nitro benzene ring substituents is 1. The van der Waals surface area contributed by atoms with E-state index in [1.807, 2.05) is 0 Å². The number of nitrogens with zero attached hydrogens (tertiary/aromatic N) is 2. The van der Waals surface area contributed by atoms with Crippen molar-refractivity contribution in [2.24, 2.45) is 5.10 Å². The van der Waals surface area contributed by atoms with E-state index in [1.54, 1.807) is 23.6 Å². The number of hydrogen-bond acceptors (Lipinski definition) is 9. The first-order valence-electron chi connectivity index (χ1n) is 8.92. The number of amides is 1. The molecule has 0 saturated heterocycles. The number of sulfonamides is 1. The summed E-state index contributed by atoms with van der Waals surface area (Å²) in [5.74, 6) is -0.157. The smallest absolute Gasteiger partial charge is 0.282 e. The predicted octanol–water partition coefficient (Wildman–Crippen LogP) is 2.95. The minimum absolute atomic E-state index is 0.0185. The maximum absolute atomic E-state index is 12.6. The van der Waals surface area contributed by atoms with E-state index in [0.717, 1.165) is 17.6 Å². The second kappa shape index (κ2) is 8.64. The molecular formula is C19H14N4O7S2. The third kappa shape index (κ3) is 4.38. The highest BCUT2D eigenvalue weighted by Gasteiger charge is 2.23. The third-order valence-corrected chi connectivity index (χ3v) is 7.03. The number of thiophene rings is 1. The topological polar surface area (TPSA) is 149 Å². The molecule has 1 aliphatic heterocycles. The number of anilines is 1. The molecule has 2 N–H and O–H groups in total. The van der Waals surface area contributed by atoms with Gasteiger partial charge in [-0.1, -0.05) is 18.2 Å². The van der Waals surface area contributed by atoms with Crippen molar-refractivity contribution in [1.29, 1.82) is 0 Å². The van der Waals surface area contributed by atoms with Crippen molar-refractivity contribution in [3.8, 4) is 11.5 Å². The standard InChI is InChI=1S/C19H14N4O7S2/c24-19(13-4-1-2-5-14(13)22-32(27,28)18-6-3-7-31-18)21-20-10-12-8-16-17(30-11-29-16)9-15(12)23(25)26/h1-10,22H,11H2,(H,21,24)/b20-10-. The lowest BCUT2D eigenvalue weighted by molar-refractivity contribution is -0.385. The first-order chi connectivity index (χ1) is 15.3. The van der Waals surface area contributed by atoms with E-state index in [0.29, 0.717) is 5.75 Å². The normalized spacial score (nSPS) is 12.6. The second-order valence-electron chi connectivity index (χ2n) is 6.30. The second-order valence-corrected chi connectivity index (χ2v) is 9.16. The Bertz CT molecular complexity index is 1320. The lowest BCUT2D eigenvalue weighted by atomic mass is 10.1. The van der Waals surface area contributed by atoms with Crippen molar-refractivity contribution in [1.82, 2.24) is 5.43 Å². The first-order valence-corrected chi connectivity index (χ1v) is 11.3. The van der Waals surface area contributed by atoms with Gasteiger partial charge in [-0.05, 0) is 29.6 Å². The monoisotopic (exact) mass is 474 g/mol. The summed E-state index contributed by atoms with van der Waals surface area (Å²) >= 11 is 1.04. The summed E-state index contributed by atoms with van der Waals surface area (Å²) in [7, 11) is -3.86. The number of nitro groups is 1. The van der Waals surface area contributed by atoms with E-state index in [2.05, 4.69) is 15.2 Å². The predicted molar refractivity (Wildman–Crippen MR) is 116 cm³/mol. The molecule has 32 heavy (non-hydrogen) atoms. The van der Waals surface area contributed by atoms with E-state index in [-0.39, 0.29) is 39.3 Å². The highest BCUT2D eigenvalue weighted by atomic mass is 32.2. The highest BCUT2D eigenvalue weighted by Crippen LogP contribution is 2.37. The summed E-state index contributed by atoms with van der Waals surface area (Å²) < 4.78 is 37.8. The summed E-state index contributed by atoms with van der Waals surface area (Å²) in [5.41, 5.74) is 2.13. The van der Waals surface area contributed by atoms with Gasteiger partial charge >= 0.3 is 0 Å². The fourth-order valence-corrected chi connectivity index (χ4v) is 4.88. The molecule has 0 spiro atoms. The van der Waals surface area contributed by atoms with Crippen molar-refractivity contribution in [3.05, 3.63) is 75.2 Å². The number of rotatable bonds is 7. The van der Waals surface area contributed by atoms with Gasteiger partial charge in [0.15, 0.2) is 11.5 Å². The summed E-state index contributed by atoms with van der Waals surface area (Å²) in [4.78, 5) is 23.3. The number of hydrogen-bond donors (Lipinski definition) is 2. The molecule has 0 unspecified atom stereocenters. The van der Waals surface area contributed by atoms with Crippen LogP contribution < -0.4 is 19.6 Å². The molecule has 0 atom stereocenters. The molecule has 164 valence electrons. The van der Waals surface area contributed by atoms with E-state index in [1.165, 1.54) is 30.3 Å². The van der Waals surface area contributed by atoms with Crippen LogP contribution in [0.25, 0.3) is 0 Å². The number of benzene rings is 2. The van der Waals surface area contributed by atoms with Crippen LogP contribution in [0.4, 0.5) is 11.4 Å². The van der Waals surface area contributed by atoms with Crippen LogP contribution in [0.3, 0.4) is 0 Å². The van der Waals surface area contributed by atoms with Crippen LogP contribution in [-0.4, -0.2) is 32.3 Å². The van der Waals surface area contributed by atoms with Crippen LogP contribution in [-0.2, 0) is 10.0 Å². The Labute approximate surface area is 185 Å². The summed E-state index contributed by atoms with van der Waals surface area (Å²) in [6.07, 6.45) is 1.09. The number of nitrogens with one attached hydrogen (secondary N) is 2. The molecule has 0 fully saturated rings. The molecule has 13 heteroatoms. The molecular weight excluding hydrogens is 460 g/mol. The highest BCUT2D eigenvalue weighted by molar-refractivity contribution is 7.94. The van der Waals surface area contributed by atoms with Crippen molar-refractivity contribution in [3.63, 3.8) is 0 Å². The van der Waals surface area contributed by atoms with E-state index >= 15 is 0 Å². The molecule has 0 radical (unpaired) electrons. The number of carbonyl (C=O) groups is 1. The van der Waals surface area contributed by atoms with Gasteiger partial charge in [-0.2, -0.15) is 5.10 Å². The molecule has 1 amide bonds. The van der Waals surface area contributed by atoms with Gasteiger partial charge in [-0.25, -0.2) is 13.8 Å². The summed E-state index contributed by atoms with van der Waals surface area (Å²) in [6.45, 7) is -0.0536. The molecule has 2 heterocycles. The van der Waals surface area contributed by atoms with Crippen molar-refractivity contribution in [2.45, 2.75) is 4.21 Å². The molecule has 3 aromatic rings. The first kappa shape index (κ1) is 21.3. The van der Waals surface area contributed by atoms with Crippen LogP contribution in [0, 0.1) is 10.1 Å². The molecule has 0 aliphatic carbocycles. The van der Waals surface area contributed by atoms with E-state index < -0.39 is 20.9 Å². The van der Waals surface area contributed by atoms with Gasteiger partial charge in [0.05, 0.1) is 34.0 Å². The lowest BCUT2D eigenvalue weighted by Crippen LogP contribution is -2.21. The van der Waals surface area contributed by atoms with Crippen LogP contribution >= 0.6 is 11.3 Å². The van der Waals surface area contributed by atoms with Gasteiger partial charge in [0, 0.05) is 0 Å². The molecule has 4 rings (SSSR count). The average Bonchev–Trinajstić information content (AvgIpc) is 3.45. The SMILES string of the molecule is O=C(N/N=C\c1cc2c(cc1[N+](=O)[O-])OCO2)c1ccccc1NS(=O)(=O)c1cccs1. The van der Waals surface area contributed by atoms with Gasteiger partial charge in [-0.3, -0.25) is 19.6 Å².